The molecule has 1 N–H and O–H groups in total. The third kappa shape index (κ3) is 4.68. The van der Waals surface area contributed by atoms with Crippen LogP contribution in [0, 0.1) is 24.8 Å². The van der Waals surface area contributed by atoms with Crippen molar-refractivity contribution in [1.29, 1.82) is 5.26 Å². The van der Waals surface area contributed by atoms with Gasteiger partial charge in [0, 0.05) is 18.0 Å². The van der Waals surface area contributed by atoms with E-state index in [0.717, 1.165) is 16.8 Å². The van der Waals surface area contributed by atoms with E-state index in [1.54, 1.807) is 42.6 Å². The molecule has 6 heteroatoms. The van der Waals surface area contributed by atoms with Crippen molar-refractivity contribution in [3.63, 3.8) is 0 Å². The van der Waals surface area contributed by atoms with E-state index >= 15 is 0 Å². The van der Waals surface area contributed by atoms with E-state index in [1.165, 1.54) is 6.20 Å². The number of benzene rings is 2. The van der Waals surface area contributed by atoms with E-state index in [4.69, 9.17) is 16.6 Å². The SMILES string of the molecule is [C-]#[N+]C=Cc1ccc(Oc2ccnc(Nc3ccc(C#N)cc3)n2)c(C)c1. The Morgan fingerprint density at radius 3 is 2.70 bits per heavy atom. The van der Waals surface area contributed by atoms with E-state index in [1.807, 2.05) is 25.1 Å². The largest absolute Gasteiger partial charge is 0.439 e. The van der Waals surface area contributed by atoms with Crippen molar-refractivity contribution in [2.24, 2.45) is 0 Å². The summed E-state index contributed by atoms with van der Waals surface area (Å²) >= 11 is 0. The molecule has 1 heterocycles. The van der Waals surface area contributed by atoms with Crippen molar-refractivity contribution in [2.75, 3.05) is 5.32 Å². The molecule has 0 fully saturated rings. The smallest absolute Gasteiger partial charge is 0.230 e. The molecule has 6 nitrogen and oxygen atoms in total. The van der Waals surface area contributed by atoms with Gasteiger partial charge in [-0.25, -0.2) is 9.83 Å². The number of ether oxygens (including phenoxy) is 1. The summed E-state index contributed by atoms with van der Waals surface area (Å²) in [6, 6.07) is 16.4. The van der Waals surface area contributed by atoms with Crippen molar-refractivity contribution in [3.05, 3.63) is 89.0 Å². The van der Waals surface area contributed by atoms with Gasteiger partial charge >= 0.3 is 0 Å². The van der Waals surface area contributed by atoms with Crippen LogP contribution < -0.4 is 10.1 Å². The highest BCUT2D eigenvalue weighted by atomic mass is 16.5. The van der Waals surface area contributed by atoms with Gasteiger partial charge in [0.1, 0.15) is 5.75 Å². The molecule has 0 saturated carbocycles. The fourth-order valence-corrected chi connectivity index (χ4v) is 2.34. The summed E-state index contributed by atoms with van der Waals surface area (Å²) in [6.07, 6.45) is 4.77. The second kappa shape index (κ2) is 8.28. The van der Waals surface area contributed by atoms with E-state index in [9.17, 15) is 0 Å². The van der Waals surface area contributed by atoms with Gasteiger partial charge < -0.3 is 10.1 Å². The monoisotopic (exact) mass is 353 g/mol. The second-order valence-electron chi connectivity index (χ2n) is 5.60. The van der Waals surface area contributed by atoms with Crippen LogP contribution in [0.5, 0.6) is 11.6 Å². The molecular formula is C21H15N5O. The average Bonchev–Trinajstić information content (AvgIpc) is 2.69. The molecule has 0 atom stereocenters. The third-order valence-electron chi connectivity index (χ3n) is 3.66. The minimum absolute atomic E-state index is 0.395. The highest BCUT2D eigenvalue weighted by molar-refractivity contribution is 5.56. The lowest BCUT2D eigenvalue weighted by atomic mass is 10.1. The van der Waals surface area contributed by atoms with Gasteiger partial charge in [-0.1, -0.05) is 12.1 Å². The number of hydrogen-bond donors (Lipinski definition) is 1. The number of aromatic nitrogens is 2. The first-order chi connectivity index (χ1) is 13.2. The molecular weight excluding hydrogens is 338 g/mol. The number of nitrogens with one attached hydrogen (secondary N) is 1. The molecule has 0 bridgehead atoms. The quantitative estimate of drug-likeness (QED) is 0.647. The summed E-state index contributed by atoms with van der Waals surface area (Å²) in [7, 11) is 0. The molecule has 0 amide bonds. The normalized spacial score (nSPS) is 10.2. The summed E-state index contributed by atoms with van der Waals surface area (Å²) in [6.45, 7) is 8.73. The Labute approximate surface area is 157 Å². The Kier molecular flexibility index (Phi) is 5.42. The van der Waals surface area contributed by atoms with Gasteiger partial charge in [-0.2, -0.15) is 10.2 Å². The fraction of sp³-hybridized carbons (Fsp3) is 0.0476. The van der Waals surface area contributed by atoms with Crippen LogP contribution in [0.3, 0.4) is 0 Å². The summed E-state index contributed by atoms with van der Waals surface area (Å²) in [4.78, 5) is 11.7. The highest BCUT2D eigenvalue weighted by Gasteiger charge is 2.05. The van der Waals surface area contributed by atoms with E-state index in [-0.39, 0.29) is 0 Å². The Hall–Kier alpha value is -4.16. The molecule has 0 radical (unpaired) electrons. The maximum atomic E-state index is 8.85. The number of nitrogens with zero attached hydrogens (tertiary/aromatic N) is 4. The maximum Gasteiger partial charge on any atom is 0.230 e. The lowest BCUT2D eigenvalue weighted by molar-refractivity contribution is 0.459. The highest BCUT2D eigenvalue weighted by Crippen LogP contribution is 2.26. The minimum atomic E-state index is 0.395. The molecule has 130 valence electrons. The Balaban J connectivity index is 1.75. The van der Waals surface area contributed by atoms with Gasteiger partial charge in [-0.3, -0.25) is 0 Å². The molecule has 0 spiro atoms. The average molecular weight is 353 g/mol. The van der Waals surface area contributed by atoms with Crippen LogP contribution >= 0.6 is 0 Å². The van der Waals surface area contributed by atoms with Gasteiger partial charge in [0.25, 0.3) is 0 Å². The standard InChI is InChI=1S/C21H15N5O/c1-15-13-16(9-11-23-2)5-8-19(15)27-20-10-12-24-21(26-20)25-18-6-3-17(14-22)4-7-18/h3-13H,1H3,(H,24,25,26). The number of anilines is 2. The van der Waals surface area contributed by atoms with Crippen molar-refractivity contribution in [1.82, 2.24) is 9.97 Å². The zero-order valence-electron chi connectivity index (χ0n) is 14.5. The van der Waals surface area contributed by atoms with Crippen LogP contribution in [-0.2, 0) is 0 Å². The first kappa shape index (κ1) is 17.7. The van der Waals surface area contributed by atoms with Crippen LogP contribution in [0.2, 0.25) is 0 Å². The lowest BCUT2D eigenvalue weighted by Gasteiger charge is -2.10. The van der Waals surface area contributed by atoms with Crippen molar-refractivity contribution in [2.45, 2.75) is 6.92 Å². The zero-order chi connectivity index (χ0) is 19.1. The van der Waals surface area contributed by atoms with E-state index in [0.29, 0.717) is 23.1 Å². The second-order valence-corrected chi connectivity index (χ2v) is 5.60. The lowest BCUT2D eigenvalue weighted by Crippen LogP contribution is -1.98. The van der Waals surface area contributed by atoms with Crippen molar-refractivity contribution in [3.8, 4) is 17.7 Å². The molecule has 0 unspecified atom stereocenters. The van der Waals surface area contributed by atoms with Crippen molar-refractivity contribution >= 4 is 17.7 Å². The molecule has 27 heavy (non-hydrogen) atoms. The Morgan fingerprint density at radius 1 is 1.19 bits per heavy atom. The first-order valence-corrected chi connectivity index (χ1v) is 8.10. The van der Waals surface area contributed by atoms with Gasteiger partial charge in [0.05, 0.1) is 18.2 Å². The molecule has 3 aromatic rings. The fourth-order valence-electron chi connectivity index (χ4n) is 2.34. The van der Waals surface area contributed by atoms with Gasteiger partial charge in [0.15, 0.2) is 6.20 Å². The number of rotatable bonds is 5. The number of nitriles is 1. The van der Waals surface area contributed by atoms with E-state index < -0.39 is 0 Å². The van der Waals surface area contributed by atoms with Gasteiger partial charge in [-0.05, 0) is 54.4 Å². The van der Waals surface area contributed by atoms with Gasteiger partial charge in [-0.15, -0.1) is 0 Å². The summed E-state index contributed by atoms with van der Waals surface area (Å²) in [5.41, 5.74) is 3.23. The Morgan fingerprint density at radius 2 is 2.00 bits per heavy atom. The van der Waals surface area contributed by atoms with Crippen LogP contribution in [-0.4, -0.2) is 9.97 Å². The first-order valence-electron chi connectivity index (χ1n) is 8.10. The molecule has 2 aromatic carbocycles. The molecule has 1 aromatic heterocycles. The van der Waals surface area contributed by atoms with Gasteiger partial charge in [0.2, 0.25) is 11.8 Å². The minimum Gasteiger partial charge on any atom is -0.439 e. The Bertz CT molecular complexity index is 1060. The third-order valence-corrected chi connectivity index (χ3v) is 3.66. The van der Waals surface area contributed by atoms with Crippen LogP contribution in [0.25, 0.3) is 10.9 Å². The molecule has 0 aliphatic carbocycles. The molecule has 0 aliphatic heterocycles. The summed E-state index contributed by atoms with van der Waals surface area (Å²) < 4.78 is 5.86. The summed E-state index contributed by atoms with van der Waals surface area (Å²) in [5, 5.41) is 11.9. The van der Waals surface area contributed by atoms with Crippen LogP contribution in [0.1, 0.15) is 16.7 Å². The predicted molar refractivity (Wildman–Crippen MR) is 103 cm³/mol. The summed E-state index contributed by atoms with van der Waals surface area (Å²) in [5.74, 6) is 1.48. The molecule has 0 aliphatic rings. The maximum absolute atomic E-state index is 8.85. The number of hydrogen-bond acceptors (Lipinski definition) is 5. The van der Waals surface area contributed by atoms with Crippen LogP contribution in [0.15, 0.2) is 60.9 Å². The number of aryl methyl sites for hydroxylation is 1. The topological polar surface area (TPSA) is 75.2 Å². The molecule has 3 rings (SSSR count). The van der Waals surface area contributed by atoms with Crippen molar-refractivity contribution < 1.29 is 4.74 Å². The zero-order valence-corrected chi connectivity index (χ0v) is 14.5. The molecule has 0 saturated heterocycles. The van der Waals surface area contributed by atoms with Crippen LogP contribution in [0.4, 0.5) is 11.6 Å². The predicted octanol–water partition coefficient (Wildman–Crippen LogP) is 5.08. The van der Waals surface area contributed by atoms with E-state index in [2.05, 4.69) is 26.2 Å².